The van der Waals surface area contributed by atoms with Gasteiger partial charge in [-0.2, -0.15) is 4.31 Å². The number of nitrogens with one attached hydrogen (secondary N) is 1. The lowest BCUT2D eigenvalue weighted by atomic mass is 10.2. The van der Waals surface area contributed by atoms with Crippen LogP contribution in [0.4, 0.5) is 0 Å². The van der Waals surface area contributed by atoms with E-state index in [1.807, 2.05) is 0 Å². The van der Waals surface area contributed by atoms with Crippen LogP contribution in [-0.2, 0) is 14.8 Å². The van der Waals surface area contributed by atoms with Crippen molar-refractivity contribution in [1.82, 2.24) is 9.62 Å². The molecule has 2 N–H and O–H groups in total. The molecule has 0 aliphatic heterocycles. The Hall–Kier alpha value is -1.93. The van der Waals surface area contributed by atoms with E-state index in [-0.39, 0.29) is 10.5 Å². The quantitative estimate of drug-likeness (QED) is 0.774. The molecule has 0 saturated carbocycles. The molecule has 7 nitrogen and oxygen atoms in total. The largest absolute Gasteiger partial charge is 0.480 e. The molecule has 1 aromatic rings. The minimum atomic E-state index is -3.67. The third-order valence-electron chi connectivity index (χ3n) is 3.16. The number of sulfonamides is 1. The average molecular weight is 328 g/mol. The number of benzene rings is 1. The molecule has 0 heterocycles. The normalized spacial score (nSPS) is 12.9. The Morgan fingerprint density at radius 2 is 1.86 bits per heavy atom. The van der Waals surface area contributed by atoms with E-state index in [4.69, 9.17) is 5.11 Å². The molecule has 8 heteroatoms. The summed E-state index contributed by atoms with van der Waals surface area (Å²) < 4.78 is 26.1. The van der Waals surface area contributed by atoms with Gasteiger partial charge in [-0.15, -0.1) is 0 Å². The number of aliphatic carboxylic acids is 1. The van der Waals surface area contributed by atoms with Gasteiger partial charge in [-0.3, -0.25) is 9.59 Å². The summed E-state index contributed by atoms with van der Waals surface area (Å²) in [6.07, 6.45) is 0. The Morgan fingerprint density at radius 1 is 1.27 bits per heavy atom. The minimum Gasteiger partial charge on any atom is -0.480 e. The number of rotatable bonds is 7. The van der Waals surface area contributed by atoms with Crippen molar-refractivity contribution in [2.75, 3.05) is 13.1 Å². The molecule has 122 valence electrons. The molecule has 0 aliphatic rings. The lowest BCUT2D eigenvalue weighted by molar-refractivity contribution is -0.138. The third kappa shape index (κ3) is 4.05. The van der Waals surface area contributed by atoms with E-state index in [0.29, 0.717) is 13.1 Å². The minimum absolute atomic E-state index is 0.00632. The van der Waals surface area contributed by atoms with Gasteiger partial charge in [0.15, 0.2) is 0 Å². The summed E-state index contributed by atoms with van der Waals surface area (Å²) >= 11 is 0. The molecule has 0 spiro atoms. The predicted molar refractivity (Wildman–Crippen MR) is 81.1 cm³/mol. The lowest BCUT2D eigenvalue weighted by Crippen LogP contribution is -2.38. The number of carbonyl (C=O) groups is 2. The Labute approximate surface area is 130 Å². The molecule has 0 fully saturated rings. The second-order valence-corrected chi connectivity index (χ2v) is 6.59. The molecule has 1 atom stereocenters. The van der Waals surface area contributed by atoms with E-state index in [1.54, 1.807) is 13.8 Å². The first kappa shape index (κ1) is 18.1. The Kier molecular flexibility index (Phi) is 6.07. The van der Waals surface area contributed by atoms with Crippen molar-refractivity contribution < 1.29 is 23.1 Å². The molecule has 22 heavy (non-hydrogen) atoms. The van der Waals surface area contributed by atoms with Crippen molar-refractivity contribution in [2.45, 2.75) is 31.7 Å². The Bertz CT molecular complexity index is 653. The van der Waals surface area contributed by atoms with Gasteiger partial charge in [0.2, 0.25) is 10.0 Å². The highest BCUT2D eigenvalue weighted by atomic mass is 32.2. The number of hydrogen-bond acceptors (Lipinski definition) is 4. The number of carboxylic acid groups (broad SMARTS) is 1. The van der Waals surface area contributed by atoms with E-state index in [9.17, 15) is 18.0 Å². The van der Waals surface area contributed by atoms with E-state index in [1.165, 1.54) is 35.5 Å². The zero-order valence-corrected chi connectivity index (χ0v) is 13.6. The molecule has 0 radical (unpaired) electrons. The first-order valence-corrected chi connectivity index (χ1v) is 8.31. The molecule has 0 aliphatic carbocycles. The molecule has 1 rings (SSSR count). The summed E-state index contributed by atoms with van der Waals surface area (Å²) in [6.45, 7) is 5.44. The van der Waals surface area contributed by atoms with Crippen LogP contribution >= 0.6 is 0 Å². The molecule has 0 bridgehead atoms. The van der Waals surface area contributed by atoms with Gasteiger partial charge in [0.25, 0.3) is 5.91 Å². The van der Waals surface area contributed by atoms with E-state index in [2.05, 4.69) is 5.32 Å². The Balaban J connectivity index is 3.09. The van der Waals surface area contributed by atoms with Gasteiger partial charge < -0.3 is 10.4 Å². The maximum atomic E-state index is 12.4. The predicted octanol–water partition coefficient (Wildman–Crippen LogP) is 0.920. The molecule has 0 saturated heterocycles. The maximum absolute atomic E-state index is 12.4. The van der Waals surface area contributed by atoms with Crippen LogP contribution in [0.5, 0.6) is 0 Å². The molecule has 1 aromatic carbocycles. The zero-order valence-electron chi connectivity index (χ0n) is 12.7. The average Bonchev–Trinajstić information content (AvgIpc) is 2.48. The van der Waals surface area contributed by atoms with Crippen LogP contribution in [0.1, 0.15) is 31.1 Å². The Morgan fingerprint density at radius 3 is 2.36 bits per heavy atom. The molecule has 0 aromatic heterocycles. The number of hydrogen-bond donors (Lipinski definition) is 2. The van der Waals surface area contributed by atoms with Gasteiger partial charge in [-0.1, -0.05) is 19.9 Å². The van der Waals surface area contributed by atoms with Crippen molar-refractivity contribution in [2.24, 2.45) is 0 Å². The van der Waals surface area contributed by atoms with Crippen LogP contribution in [0.3, 0.4) is 0 Å². The van der Waals surface area contributed by atoms with Gasteiger partial charge in [-0.05, 0) is 25.1 Å². The van der Waals surface area contributed by atoms with Crippen molar-refractivity contribution in [3.8, 4) is 0 Å². The summed E-state index contributed by atoms with van der Waals surface area (Å²) in [5.74, 6) is -1.80. The van der Waals surface area contributed by atoms with E-state index in [0.717, 1.165) is 0 Å². The number of nitrogens with zero attached hydrogens (tertiary/aromatic N) is 1. The van der Waals surface area contributed by atoms with Gasteiger partial charge in [0.05, 0.1) is 4.90 Å². The molecular weight excluding hydrogens is 308 g/mol. The van der Waals surface area contributed by atoms with Crippen molar-refractivity contribution in [3.05, 3.63) is 29.8 Å². The number of carbonyl (C=O) groups excluding carboxylic acids is 1. The summed E-state index contributed by atoms with van der Waals surface area (Å²) in [7, 11) is -3.67. The summed E-state index contributed by atoms with van der Waals surface area (Å²) in [5.41, 5.74) is 0.0985. The van der Waals surface area contributed by atoms with E-state index >= 15 is 0 Å². The molecule has 1 amide bonds. The highest BCUT2D eigenvalue weighted by Gasteiger charge is 2.23. The van der Waals surface area contributed by atoms with Crippen LogP contribution in [0.2, 0.25) is 0 Å². The van der Waals surface area contributed by atoms with Crippen LogP contribution in [0.15, 0.2) is 29.2 Å². The monoisotopic (exact) mass is 328 g/mol. The van der Waals surface area contributed by atoms with Gasteiger partial charge in [0.1, 0.15) is 6.04 Å². The van der Waals surface area contributed by atoms with Gasteiger partial charge in [-0.25, -0.2) is 8.42 Å². The zero-order chi connectivity index (χ0) is 16.9. The lowest BCUT2D eigenvalue weighted by Gasteiger charge is -2.18. The highest BCUT2D eigenvalue weighted by Crippen LogP contribution is 2.17. The fourth-order valence-corrected chi connectivity index (χ4v) is 3.36. The molecular formula is C14H20N2O5S. The summed E-state index contributed by atoms with van der Waals surface area (Å²) in [6, 6.07) is 4.49. The first-order chi connectivity index (χ1) is 10.2. The fraction of sp³-hybridized carbons (Fsp3) is 0.429. The SMILES string of the molecule is CCN(CC)S(=O)(=O)c1cccc(C(=O)NC(C)C(=O)O)c1. The van der Waals surface area contributed by atoms with Crippen molar-refractivity contribution in [3.63, 3.8) is 0 Å². The van der Waals surface area contributed by atoms with Gasteiger partial charge >= 0.3 is 5.97 Å². The standard InChI is InChI=1S/C14H20N2O5S/c1-4-16(5-2)22(20,21)12-8-6-7-11(9-12)13(17)15-10(3)14(18)19/h6-10H,4-5H2,1-3H3,(H,15,17)(H,18,19). The van der Waals surface area contributed by atoms with Crippen molar-refractivity contribution >= 4 is 21.9 Å². The van der Waals surface area contributed by atoms with Crippen LogP contribution in [-0.4, -0.2) is 48.8 Å². The second kappa shape index (κ2) is 7.37. The van der Waals surface area contributed by atoms with Crippen LogP contribution in [0.25, 0.3) is 0 Å². The summed E-state index contributed by atoms with van der Waals surface area (Å²) in [4.78, 5) is 22.7. The number of carboxylic acids is 1. The number of amides is 1. The van der Waals surface area contributed by atoms with Crippen molar-refractivity contribution in [1.29, 1.82) is 0 Å². The van der Waals surface area contributed by atoms with E-state index < -0.39 is 27.9 Å². The smallest absolute Gasteiger partial charge is 0.325 e. The van der Waals surface area contributed by atoms with Crippen LogP contribution in [0, 0.1) is 0 Å². The summed E-state index contributed by atoms with van der Waals surface area (Å²) in [5, 5.41) is 11.1. The maximum Gasteiger partial charge on any atom is 0.325 e. The molecule has 1 unspecified atom stereocenters. The first-order valence-electron chi connectivity index (χ1n) is 6.87. The fourth-order valence-electron chi connectivity index (χ4n) is 1.85. The van der Waals surface area contributed by atoms with Crippen LogP contribution < -0.4 is 5.32 Å². The highest BCUT2D eigenvalue weighted by molar-refractivity contribution is 7.89. The topological polar surface area (TPSA) is 104 Å². The third-order valence-corrected chi connectivity index (χ3v) is 5.20. The van der Waals surface area contributed by atoms with Gasteiger partial charge in [0, 0.05) is 18.7 Å². The second-order valence-electron chi connectivity index (χ2n) is 4.65.